The number of aliphatic hydroxyl groups excluding tert-OH is 1. The molecule has 1 heterocycles. The lowest BCUT2D eigenvalue weighted by Crippen LogP contribution is -2.34. The molecule has 0 atom stereocenters. The topological polar surface area (TPSA) is 113 Å². The minimum absolute atomic E-state index is 0.0690. The molecule has 0 bridgehead atoms. The van der Waals surface area contributed by atoms with E-state index in [1.54, 1.807) is 12.1 Å². The van der Waals surface area contributed by atoms with Gasteiger partial charge in [0.1, 0.15) is 11.4 Å². The third-order valence-electron chi connectivity index (χ3n) is 4.03. The molecule has 2 amide bonds. The van der Waals surface area contributed by atoms with E-state index >= 15 is 0 Å². The van der Waals surface area contributed by atoms with Crippen molar-refractivity contribution in [1.82, 2.24) is 4.90 Å². The third-order valence-corrected chi connectivity index (χ3v) is 5.14. The normalized spacial score (nSPS) is 14.2. The molecule has 0 spiro atoms. The molecule has 0 fully saturated rings. The fraction of sp³-hybridized carbons (Fsp3) is 0.158. The van der Waals surface area contributed by atoms with Crippen molar-refractivity contribution in [1.29, 1.82) is 0 Å². The van der Waals surface area contributed by atoms with Gasteiger partial charge in [-0.1, -0.05) is 0 Å². The predicted octanol–water partition coefficient (Wildman–Crippen LogP) is 1.68. The van der Waals surface area contributed by atoms with Crippen LogP contribution in [0.3, 0.4) is 0 Å². The number of benzene rings is 2. The lowest BCUT2D eigenvalue weighted by Gasteiger charge is -2.13. The van der Waals surface area contributed by atoms with E-state index in [9.17, 15) is 22.4 Å². The summed E-state index contributed by atoms with van der Waals surface area (Å²) in [5.41, 5.74) is 0.558. The van der Waals surface area contributed by atoms with Crippen molar-refractivity contribution in [3.05, 3.63) is 60.1 Å². The number of anilines is 1. The number of aliphatic hydroxyl groups is 1. The van der Waals surface area contributed by atoms with Crippen LogP contribution >= 0.6 is 0 Å². The van der Waals surface area contributed by atoms with E-state index < -0.39 is 27.5 Å². The fourth-order valence-electron chi connectivity index (χ4n) is 2.59. The number of amides is 2. The summed E-state index contributed by atoms with van der Waals surface area (Å²) in [6.07, 6.45) is 2.12. The first kappa shape index (κ1) is 20.5. The van der Waals surface area contributed by atoms with Crippen molar-refractivity contribution in [3.63, 3.8) is 0 Å². The number of ether oxygens (including phenoxy) is 1. The molecule has 2 aromatic carbocycles. The summed E-state index contributed by atoms with van der Waals surface area (Å²) in [5, 5.41) is 11.7. The Bertz CT molecular complexity index is 1100. The molecule has 3 rings (SSSR count). The zero-order valence-electron chi connectivity index (χ0n) is 15.3. The highest BCUT2D eigenvalue weighted by molar-refractivity contribution is 7.90. The lowest BCUT2D eigenvalue weighted by molar-refractivity contribution is -0.137. The summed E-state index contributed by atoms with van der Waals surface area (Å²) in [5.74, 6) is -1.74. The number of carbonyl (C=O) groups is 2. The number of hydrogen-bond acceptors (Lipinski definition) is 7. The van der Waals surface area contributed by atoms with Gasteiger partial charge in [-0.2, -0.15) is 0 Å². The van der Waals surface area contributed by atoms with Gasteiger partial charge in [-0.15, -0.1) is 0 Å². The molecule has 1 aliphatic rings. The third kappa shape index (κ3) is 4.61. The van der Waals surface area contributed by atoms with Crippen LogP contribution in [0.15, 0.2) is 59.1 Å². The monoisotopic (exact) mass is 420 g/mol. The number of halogens is 1. The number of β-amino-alcohol motifs (C(OH)–C–C–N with tert-alkyl or cyclic N) is 1. The molecule has 2 N–H and O–H groups in total. The average molecular weight is 420 g/mol. The van der Waals surface area contributed by atoms with Crippen LogP contribution in [0.1, 0.15) is 0 Å². The molecule has 2 aromatic rings. The van der Waals surface area contributed by atoms with Gasteiger partial charge in [0.15, 0.2) is 21.4 Å². The van der Waals surface area contributed by atoms with Gasteiger partial charge in [0.05, 0.1) is 18.0 Å². The summed E-state index contributed by atoms with van der Waals surface area (Å²) in [6.45, 7) is -0.415. The maximum Gasteiger partial charge on any atom is 0.277 e. The maximum absolute atomic E-state index is 14.1. The van der Waals surface area contributed by atoms with Gasteiger partial charge in [-0.3, -0.25) is 14.5 Å². The van der Waals surface area contributed by atoms with Crippen molar-refractivity contribution in [3.8, 4) is 11.5 Å². The quantitative estimate of drug-likeness (QED) is 0.655. The Morgan fingerprint density at radius 1 is 1.14 bits per heavy atom. The number of hydrogen-bond donors (Lipinski definition) is 2. The van der Waals surface area contributed by atoms with E-state index in [1.165, 1.54) is 24.3 Å². The number of sulfone groups is 1. The molecular weight excluding hydrogens is 403 g/mol. The van der Waals surface area contributed by atoms with E-state index in [4.69, 9.17) is 9.84 Å². The van der Waals surface area contributed by atoms with Gasteiger partial charge < -0.3 is 15.2 Å². The van der Waals surface area contributed by atoms with Crippen LogP contribution in [0.25, 0.3) is 0 Å². The van der Waals surface area contributed by atoms with Crippen molar-refractivity contribution >= 4 is 27.3 Å². The smallest absolute Gasteiger partial charge is 0.277 e. The molecular formula is C19H17FN2O6S. The van der Waals surface area contributed by atoms with E-state index in [0.717, 1.165) is 23.3 Å². The minimum atomic E-state index is -3.53. The van der Waals surface area contributed by atoms with Gasteiger partial charge in [-0.25, -0.2) is 12.8 Å². The number of carbonyl (C=O) groups excluding carboxylic acids is 2. The fourth-order valence-corrected chi connectivity index (χ4v) is 3.23. The Balaban J connectivity index is 1.69. The van der Waals surface area contributed by atoms with Gasteiger partial charge in [0.25, 0.3) is 11.8 Å². The number of imide groups is 1. The number of nitrogens with zero attached hydrogens (tertiary/aromatic N) is 1. The van der Waals surface area contributed by atoms with Crippen LogP contribution in [0.4, 0.5) is 10.1 Å². The first-order chi connectivity index (χ1) is 13.7. The first-order valence-corrected chi connectivity index (χ1v) is 10.3. The molecule has 0 saturated heterocycles. The molecule has 0 saturated carbocycles. The van der Waals surface area contributed by atoms with Crippen molar-refractivity contribution in [2.24, 2.45) is 0 Å². The molecule has 10 heteroatoms. The van der Waals surface area contributed by atoms with Crippen molar-refractivity contribution in [2.75, 3.05) is 24.7 Å². The molecule has 0 radical (unpaired) electrons. The maximum atomic E-state index is 14.1. The number of nitrogens with one attached hydrogen (secondary N) is 1. The van der Waals surface area contributed by atoms with Crippen LogP contribution in [0, 0.1) is 5.82 Å². The molecule has 29 heavy (non-hydrogen) atoms. The molecule has 1 aliphatic heterocycles. The second-order valence-corrected chi connectivity index (χ2v) is 8.21. The van der Waals surface area contributed by atoms with E-state index in [2.05, 4.69) is 5.32 Å². The Morgan fingerprint density at radius 3 is 2.41 bits per heavy atom. The van der Waals surface area contributed by atoms with E-state index in [-0.39, 0.29) is 35.2 Å². The minimum Gasteiger partial charge on any atom is -0.454 e. The zero-order chi connectivity index (χ0) is 21.2. The summed E-state index contributed by atoms with van der Waals surface area (Å²) < 4.78 is 42.4. The van der Waals surface area contributed by atoms with E-state index in [0.29, 0.717) is 5.69 Å². The largest absolute Gasteiger partial charge is 0.454 e. The molecule has 0 unspecified atom stereocenters. The highest BCUT2D eigenvalue weighted by atomic mass is 32.2. The van der Waals surface area contributed by atoms with E-state index in [1.807, 2.05) is 0 Å². The molecule has 152 valence electrons. The predicted molar refractivity (Wildman–Crippen MR) is 102 cm³/mol. The highest BCUT2D eigenvalue weighted by Crippen LogP contribution is 2.28. The highest BCUT2D eigenvalue weighted by Gasteiger charge is 2.30. The average Bonchev–Trinajstić information content (AvgIpc) is 2.92. The van der Waals surface area contributed by atoms with Crippen LogP contribution in [-0.2, 0) is 19.4 Å². The second kappa shape index (κ2) is 8.02. The van der Waals surface area contributed by atoms with Gasteiger partial charge in [-0.05, 0) is 42.5 Å². The molecule has 0 aromatic heterocycles. The Morgan fingerprint density at radius 2 is 1.83 bits per heavy atom. The summed E-state index contributed by atoms with van der Waals surface area (Å²) in [7, 11) is -3.53. The second-order valence-electron chi connectivity index (χ2n) is 6.19. The standard InChI is InChI=1S/C19H17FN2O6S/c1-29(26,27)14-6-7-17(15(20)10-14)28-13-4-2-12(3-5-13)21-16-11-18(24)22(8-9-23)19(16)25/h2-7,10-11,21,23H,8-9H2,1H3. The Hall–Kier alpha value is -3.24. The lowest BCUT2D eigenvalue weighted by atomic mass is 10.2. The van der Waals surface area contributed by atoms with Crippen LogP contribution in [0.2, 0.25) is 0 Å². The van der Waals surface area contributed by atoms with Crippen molar-refractivity contribution < 1.29 is 32.2 Å². The van der Waals surface area contributed by atoms with Gasteiger partial charge in [0, 0.05) is 18.0 Å². The number of rotatable bonds is 7. The van der Waals surface area contributed by atoms with Crippen molar-refractivity contribution in [2.45, 2.75) is 4.90 Å². The molecule has 8 nitrogen and oxygen atoms in total. The Kier molecular flexibility index (Phi) is 5.66. The van der Waals surface area contributed by atoms with Gasteiger partial charge in [0.2, 0.25) is 0 Å². The van der Waals surface area contributed by atoms with Gasteiger partial charge >= 0.3 is 0 Å². The summed E-state index contributed by atoms with van der Waals surface area (Å²) in [6, 6.07) is 9.50. The SMILES string of the molecule is CS(=O)(=O)c1ccc(Oc2ccc(NC3=CC(=O)N(CCO)C3=O)cc2)c(F)c1. The summed E-state index contributed by atoms with van der Waals surface area (Å²) >= 11 is 0. The van der Waals surface area contributed by atoms with Crippen LogP contribution < -0.4 is 10.1 Å². The van der Waals surface area contributed by atoms with Crippen LogP contribution in [-0.4, -0.2) is 49.6 Å². The van der Waals surface area contributed by atoms with Crippen LogP contribution in [0.5, 0.6) is 11.5 Å². The zero-order valence-corrected chi connectivity index (χ0v) is 16.1. The summed E-state index contributed by atoms with van der Waals surface area (Å²) in [4.78, 5) is 24.6. The molecule has 0 aliphatic carbocycles. The first-order valence-electron chi connectivity index (χ1n) is 8.42. The Labute approximate surface area is 166 Å².